The average Bonchev–Trinajstić information content (AvgIpc) is 3.21. The summed E-state index contributed by atoms with van der Waals surface area (Å²) in [6.07, 6.45) is 6.18. The Labute approximate surface area is 129 Å². The number of aromatic nitrogens is 4. The van der Waals surface area contributed by atoms with Crippen molar-refractivity contribution in [1.82, 2.24) is 24.5 Å². The molecular weight excluding hydrogens is 274 g/mol. The Morgan fingerprint density at radius 2 is 1.95 bits per heavy atom. The van der Waals surface area contributed by atoms with Crippen molar-refractivity contribution in [1.29, 1.82) is 0 Å². The van der Waals surface area contributed by atoms with E-state index in [9.17, 15) is 0 Å². The Bertz CT molecular complexity index is 817. The molecule has 1 saturated heterocycles. The third-order valence-corrected chi connectivity index (χ3v) is 5.19. The fourth-order valence-corrected chi connectivity index (χ4v) is 4.18. The SMILES string of the molecule is c1ccc2c(c1)nnn2C1CCCC2c3cccn3CCN21. The van der Waals surface area contributed by atoms with E-state index in [1.807, 2.05) is 12.1 Å². The molecule has 0 spiro atoms. The second-order valence-electron chi connectivity index (χ2n) is 6.31. The van der Waals surface area contributed by atoms with Gasteiger partial charge in [-0.1, -0.05) is 17.3 Å². The standard InChI is InChI=1S/C17H19N5/c1-2-6-14-13(5-1)18-19-22(14)17-9-3-7-16-15-8-4-10-20(15)11-12-21(16)17/h1-2,4-6,8,10,16-17H,3,7,9,11-12H2. The number of para-hydroxylation sites is 1. The molecule has 4 heterocycles. The highest BCUT2D eigenvalue weighted by Gasteiger charge is 2.37. The monoisotopic (exact) mass is 293 g/mol. The second kappa shape index (κ2) is 4.68. The molecule has 1 aromatic carbocycles. The van der Waals surface area contributed by atoms with Crippen LogP contribution in [-0.4, -0.2) is 31.0 Å². The minimum atomic E-state index is 0.329. The average molecular weight is 293 g/mol. The largest absolute Gasteiger partial charge is 0.349 e. The van der Waals surface area contributed by atoms with Crippen LogP contribution in [0.1, 0.15) is 37.2 Å². The van der Waals surface area contributed by atoms with Crippen LogP contribution in [0.25, 0.3) is 11.0 Å². The number of hydrogen-bond donors (Lipinski definition) is 0. The lowest BCUT2D eigenvalue weighted by Crippen LogP contribution is -2.45. The molecule has 2 aliphatic rings. The number of hydrogen-bond acceptors (Lipinski definition) is 3. The molecule has 2 atom stereocenters. The minimum Gasteiger partial charge on any atom is -0.349 e. The quantitative estimate of drug-likeness (QED) is 0.692. The van der Waals surface area contributed by atoms with E-state index in [1.54, 1.807) is 0 Å². The van der Waals surface area contributed by atoms with Crippen molar-refractivity contribution in [3.05, 3.63) is 48.3 Å². The summed E-state index contributed by atoms with van der Waals surface area (Å²) < 4.78 is 4.54. The topological polar surface area (TPSA) is 38.9 Å². The third-order valence-electron chi connectivity index (χ3n) is 5.19. The van der Waals surface area contributed by atoms with Gasteiger partial charge in [0.1, 0.15) is 11.7 Å². The molecule has 0 bridgehead atoms. The number of nitrogens with zero attached hydrogens (tertiary/aromatic N) is 5. The number of fused-ring (bicyclic) bond motifs is 4. The molecule has 1 fully saturated rings. The molecule has 2 aliphatic heterocycles. The Morgan fingerprint density at radius 1 is 1.00 bits per heavy atom. The Balaban J connectivity index is 1.58. The van der Waals surface area contributed by atoms with E-state index in [-0.39, 0.29) is 0 Å². The van der Waals surface area contributed by atoms with Crippen LogP contribution >= 0.6 is 0 Å². The fourth-order valence-electron chi connectivity index (χ4n) is 4.18. The zero-order valence-corrected chi connectivity index (χ0v) is 12.5. The molecule has 0 aliphatic carbocycles. The van der Waals surface area contributed by atoms with Crippen LogP contribution in [0.3, 0.4) is 0 Å². The molecule has 22 heavy (non-hydrogen) atoms. The van der Waals surface area contributed by atoms with Gasteiger partial charge in [0.2, 0.25) is 0 Å². The van der Waals surface area contributed by atoms with Crippen molar-refractivity contribution in [3.8, 4) is 0 Å². The summed E-state index contributed by atoms with van der Waals surface area (Å²) in [6.45, 7) is 2.16. The molecule has 5 heteroatoms. The maximum atomic E-state index is 4.47. The first-order valence-corrected chi connectivity index (χ1v) is 8.12. The zero-order chi connectivity index (χ0) is 14.5. The maximum absolute atomic E-state index is 4.47. The van der Waals surface area contributed by atoms with Gasteiger partial charge >= 0.3 is 0 Å². The van der Waals surface area contributed by atoms with Gasteiger partial charge in [-0.3, -0.25) is 4.90 Å². The number of piperidine rings is 1. The molecule has 2 aromatic heterocycles. The summed E-state index contributed by atoms with van der Waals surface area (Å²) >= 11 is 0. The van der Waals surface area contributed by atoms with Crippen LogP contribution in [0.4, 0.5) is 0 Å². The van der Waals surface area contributed by atoms with E-state index < -0.39 is 0 Å². The Kier molecular flexibility index (Phi) is 2.64. The summed E-state index contributed by atoms with van der Waals surface area (Å²) in [6, 6.07) is 13.2. The van der Waals surface area contributed by atoms with Crippen molar-refractivity contribution in [2.24, 2.45) is 0 Å². The predicted octanol–water partition coefficient (Wildman–Crippen LogP) is 2.97. The van der Waals surface area contributed by atoms with Gasteiger partial charge < -0.3 is 4.57 Å². The first-order valence-electron chi connectivity index (χ1n) is 8.12. The third kappa shape index (κ3) is 1.69. The Morgan fingerprint density at radius 3 is 2.95 bits per heavy atom. The van der Waals surface area contributed by atoms with Crippen molar-refractivity contribution < 1.29 is 0 Å². The molecule has 3 aromatic rings. The van der Waals surface area contributed by atoms with E-state index >= 15 is 0 Å². The smallest absolute Gasteiger partial charge is 0.113 e. The van der Waals surface area contributed by atoms with Crippen LogP contribution in [0.5, 0.6) is 0 Å². The molecule has 5 nitrogen and oxygen atoms in total. The van der Waals surface area contributed by atoms with Crippen molar-refractivity contribution in [2.45, 2.75) is 38.0 Å². The number of benzene rings is 1. The van der Waals surface area contributed by atoms with Crippen molar-refractivity contribution >= 4 is 11.0 Å². The van der Waals surface area contributed by atoms with Gasteiger partial charge in [0.15, 0.2) is 0 Å². The van der Waals surface area contributed by atoms with Crippen LogP contribution in [0.2, 0.25) is 0 Å². The Hall–Kier alpha value is -2.14. The van der Waals surface area contributed by atoms with Crippen LogP contribution in [-0.2, 0) is 6.54 Å². The van der Waals surface area contributed by atoms with E-state index in [0.29, 0.717) is 12.2 Å². The van der Waals surface area contributed by atoms with Gasteiger partial charge in [-0.05, 0) is 43.5 Å². The van der Waals surface area contributed by atoms with E-state index in [2.05, 4.69) is 54.9 Å². The normalized spacial score (nSPS) is 25.1. The first-order chi connectivity index (χ1) is 10.9. The summed E-state index contributed by atoms with van der Waals surface area (Å²) in [7, 11) is 0. The fraction of sp³-hybridized carbons (Fsp3) is 0.412. The van der Waals surface area contributed by atoms with E-state index in [0.717, 1.165) is 30.5 Å². The van der Waals surface area contributed by atoms with Gasteiger partial charge in [0.05, 0.1) is 11.6 Å². The number of rotatable bonds is 1. The predicted molar refractivity (Wildman–Crippen MR) is 84.3 cm³/mol. The highest BCUT2D eigenvalue weighted by atomic mass is 15.5. The van der Waals surface area contributed by atoms with Gasteiger partial charge in [-0.2, -0.15) is 0 Å². The summed E-state index contributed by atoms with van der Waals surface area (Å²) in [5.74, 6) is 0. The maximum Gasteiger partial charge on any atom is 0.113 e. The highest BCUT2D eigenvalue weighted by Crippen LogP contribution is 2.41. The molecule has 112 valence electrons. The van der Waals surface area contributed by atoms with Crippen molar-refractivity contribution in [3.63, 3.8) is 0 Å². The summed E-state index contributed by atoms with van der Waals surface area (Å²) in [4.78, 5) is 2.62. The minimum absolute atomic E-state index is 0.329. The molecule has 0 saturated carbocycles. The molecular formula is C17H19N5. The van der Waals surface area contributed by atoms with Crippen LogP contribution in [0.15, 0.2) is 42.6 Å². The summed E-state index contributed by atoms with van der Waals surface area (Å²) in [5, 5.41) is 8.82. The lowest BCUT2D eigenvalue weighted by atomic mass is 9.95. The lowest BCUT2D eigenvalue weighted by molar-refractivity contribution is 0.0126. The molecule has 2 unspecified atom stereocenters. The summed E-state index contributed by atoms with van der Waals surface area (Å²) in [5.41, 5.74) is 3.60. The van der Waals surface area contributed by atoms with Gasteiger partial charge in [-0.25, -0.2) is 4.68 Å². The lowest BCUT2D eigenvalue weighted by Gasteiger charge is -2.45. The zero-order valence-electron chi connectivity index (χ0n) is 12.5. The molecule has 5 rings (SSSR count). The molecule has 0 N–H and O–H groups in total. The van der Waals surface area contributed by atoms with Crippen LogP contribution < -0.4 is 0 Å². The highest BCUT2D eigenvalue weighted by molar-refractivity contribution is 5.73. The van der Waals surface area contributed by atoms with Gasteiger partial charge in [0.25, 0.3) is 0 Å². The van der Waals surface area contributed by atoms with Crippen LogP contribution in [0, 0.1) is 0 Å². The van der Waals surface area contributed by atoms with Gasteiger partial charge in [-0.15, -0.1) is 5.10 Å². The second-order valence-corrected chi connectivity index (χ2v) is 6.31. The van der Waals surface area contributed by atoms with E-state index in [1.165, 1.54) is 18.5 Å². The first kappa shape index (κ1) is 12.4. The molecule has 0 amide bonds. The molecule has 0 radical (unpaired) electrons. The van der Waals surface area contributed by atoms with Gasteiger partial charge in [0, 0.05) is 25.0 Å². The van der Waals surface area contributed by atoms with Crippen molar-refractivity contribution in [2.75, 3.05) is 6.54 Å². The van der Waals surface area contributed by atoms with E-state index in [4.69, 9.17) is 0 Å².